The minimum atomic E-state index is -0.228. The van der Waals surface area contributed by atoms with Crippen LogP contribution in [0.1, 0.15) is 0 Å². The standard InChI is InChI=1S/C13H15N3O3/c1-16-8-12(7-14-16)19-9-13(17)15-10-3-5-11(18-2)6-4-10/h3-8H,9H2,1-2H3,(H,15,17). The first-order valence-electron chi connectivity index (χ1n) is 5.73. The van der Waals surface area contributed by atoms with Gasteiger partial charge in [-0.3, -0.25) is 9.48 Å². The molecule has 6 nitrogen and oxygen atoms in total. The zero-order valence-electron chi connectivity index (χ0n) is 10.8. The molecule has 0 aliphatic rings. The smallest absolute Gasteiger partial charge is 0.262 e. The van der Waals surface area contributed by atoms with Gasteiger partial charge in [0, 0.05) is 12.7 Å². The number of amides is 1. The summed E-state index contributed by atoms with van der Waals surface area (Å²) in [6.45, 7) is -0.0578. The first kappa shape index (κ1) is 12.9. The van der Waals surface area contributed by atoms with Gasteiger partial charge in [-0.25, -0.2) is 0 Å². The van der Waals surface area contributed by atoms with Gasteiger partial charge in [0.2, 0.25) is 0 Å². The van der Waals surface area contributed by atoms with Gasteiger partial charge in [-0.2, -0.15) is 5.10 Å². The highest BCUT2D eigenvalue weighted by Gasteiger charge is 2.05. The van der Waals surface area contributed by atoms with Gasteiger partial charge in [0.1, 0.15) is 5.75 Å². The molecular formula is C13H15N3O3. The number of hydrogen-bond acceptors (Lipinski definition) is 4. The van der Waals surface area contributed by atoms with Crippen LogP contribution in [-0.2, 0) is 11.8 Å². The summed E-state index contributed by atoms with van der Waals surface area (Å²) >= 11 is 0. The Morgan fingerprint density at radius 1 is 1.32 bits per heavy atom. The van der Waals surface area contributed by atoms with E-state index in [4.69, 9.17) is 9.47 Å². The molecule has 0 unspecified atom stereocenters. The molecule has 1 amide bonds. The topological polar surface area (TPSA) is 65.4 Å². The molecule has 0 atom stereocenters. The number of aryl methyl sites for hydroxylation is 1. The molecule has 2 rings (SSSR count). The molecule has 0 bridgehead atoms. The van der Waals surface area contributed by atoms with E-state index in [9.17, 15) is 4.79 Å². The molecule has 100 valence electrons. The molecule has 1 aromatic carbocycles. The van der Waals surface area contributed by atoms with Crippen molar-refractivity contribution in [3.63, 3.8) is 0 Å². The minimum Gasteiger partial charge on any atom is -0.497 e. The third-order valence-corrected chi connectivity index (χ3v) is 2.42. The molecule has 0 aliphatic carbocycles. The average molecular weight is 261 g/mol. The number of rotatable bonds is 5. The van der Waals surface area contributed by atoms with Crippen molar-refractivity contribution in [1.82, 2.24) is 9.78 Å². The number of aromatic nitrogens is 2. The maximum atomic E-state index is 11.7. The molecule has 0 saturated carbocycles. The Morgan fingerprint density at radius 2 is 2.05 bits per heavy atom. The maximum absolute atomic E-state index is 11.7. The van der Waals surface area contributed by atoms with Gasteiger partial charge >= 0.3 is 0 Å². The van der Waals surface area contributed by atoms with E-state index in [1.165, 1.54) is 0 Å². The normalized spacial score (nSPS) is 10.0. The highest BCUT2D eigenvalue weighted by atomic mass is 16.5. The second-order valence-corrected chi connectivity index (χ2v) is 3.92. The second-order valence-electron chi connectivity index (χ2n) is 3.92. The van der Waals surface area contributed by atoms with E-state index < -0.39 is 0 Å². The van der Waals surface area contributed by atoms with E-state index >= 15 is 0 Å². The number of methoxy groups -OCH3 is 1. The SMILES string of the molecule is COc1ccc(NC(=O)COc2cnn(C)c2)cc1. The molecule has 1 N–H and O–H groups in total. The Morgan fingerprint density at radius 3 is 2.63 bits per heavy atom. The van der Waals surface area contributed by atoms with E-state index in [0.29, 0.717) is 11.4 Å². The van der Waals surface area contributed by atoms with Crippen LogP contribution >= 0.6 is 0 Å². The van der Waals surface area contributed by atoms with Crippen molar-refractivity contribution in [2.24, 2.45) is 7.05 Å². The van der Waals surface area contributed by atoms with Gasteiger partial charge < -0.3 is 14.8 Å². The lowest BCUT2D eigenvalue weighted by Crippen LogP contribution is -2.19. The number of nitrogens with one attached hydrogen (secondary N) is 1. The molecule has 1 aromatic heterocycles. The summed E-state index contributed by atoms with van der Waals surface area (Å²) in [5.74, 6) is 1.08. The summed E-state index contributed by atoms with van der Waals surface area (Å²) in [6.07, 6.45) is 3.25. The second kappa shape index (κ2) is 5.90. The molecule has 0 radical (unpaired) electrons. The number of anilines is 1. The van der Waals surface area contributed by atoms with Crippen LogP contribution in [0.5, 0.6) is 11.5 Å². The van der Waals surface area contributed by atoms with Gasteiger partial charge in [0.25, 0.3) is 5.91 Å². The molecule has 2 aromatic rings. The fraction of sp³-hybridized carbons (Fsp3) is 0.231. The monoisotopic (exact) mass is 261 g/mol. The van der Waals surface area contributed by atoms with Crippen LogP contribution < -0.4 is 14.8 Å². The quantitative estimate of drug-likeness (QED) is 0.884. The van der Waals surface area contributed by atoms with Crippen molar-refractivity contribution in [3.05, 3.63) is 36.7 Å². The molecule has 0 fully saturated rings. The zero-order chi connectivity index (χ0) is 13.7. The molecule has 1 heterocycles. The van der Waals surface area contributed by atoms with Crippen molar-refractivity contribution < 1.29 is 14.3 Å². The fourth-order valence-corrected chi connectivity index (χ4v) is 1.49. The van der Waals surface area contributed by atoms with Gasteiger partial charge in [0.15, 0.2) is 12.4 Å². The van der Waals surface area contributed by atoms with Crippen LogP contribution in [0.2, 0.25) is 0 Å². The fourth-order valence-electron chi connectivity index (χ4n) is 1.49. The van der Waals surface area contributed by atoms with Crippen LogP contribution in [0.4, 0.5) is 5.69 Å². The summed E-state index contributed by atoms with van der Waals surface area (Å²) in [6, 6.07) is 7.08. The largest absolute Gasteiger partial charge is 0.497 e. The van der Waals surface area contributed by atoms with E-state index in [0.717, 1.165) is 5.75 Å². The number of carbonyl (C=O) groups is 1. The van der Waals surface area contributed by atoms with Gasteiger partial charge in [-0.05, 0) is 24.3 Å². The first-order valence-corrected chi connectivity index (χ1v) is 5.73. The Labute approximate surface area is 110 Å². The summed E-state index contributed by atoms with van der Waals surface area (Å²) in [7, 11) is 3.37. The van der Waals surface area contributed by atoms with Crippen molar-refractivity contribution >= 4 is 11.6 Å². The minimum absolute atomic E-state index is 0.0578. The molecule has 0 saturated heterocycles. The summed E-state index contributed by atoms with van der Waals surface area (Å²) in [4.78, 5) is 11.7. The van der Waals surface area contributed by atoms with E-state index in [1.807, 2.05) is 0 Å². The predicted octanol–water partition coefficient (Wildman–Crippen LogP) is 1.45. The highest BCUT2D eigenvalue weighted by Crippen LogP contribution is 2.15. The van der Waals surface area contributed by atoms with Gasteiger partial charge in [-0.1, -0.05) is 0 Å². The number of carbonyl (C=O) groups excluding carboxylic acids is 1. The lowest BCUT2D eigenvalue weighted by molar-refractivity contribution is -0.118. The van der Waals surface area contributed by atoms with Crippen molar-refractivity contribution in [3.8, 4) is 11.5 Å². The Balaban J connectivity index is 1.83. The van der Waals surface area contributed by atoms with Crippen LogP contribution in [-0.4, -0.2) is 29.4 Å². The van der Waals surface area contributed by atoms with Crippen molar-refractivity contribution in [2.45, 2.75) is 0 Å². The van der Waals surface area contributed by atoms with Crippen LogP contribution in [0.25, 0.3) is 0 Å². The zero-order valence-corrected chi connectivity index (χ0v) is 10.8. The summed E-state index contributed by atoms with van der Waals surface area (Å²) in [5, 5.41) is 6.67. The highest BCUT2D eigenvalue weighted by molar-refractivity contribution is 5.91. The number of hydrogen-bond donors (Lipinski definition) is 1. The third kappa shape index (κ3) is 3.74. The molecule has 6 heteroatoms. The third-order valence-electron chi connectivity index (χ3n) is 2.42. The number of ether oxygens (including phenoxy) is 2. The molecule has 0 aliphatic heterocycles. The van der Waals surface area contributed by atoms with Gasteiger partial charge in [-0.15, -0.1) is 0 Å². The van der Waals surface area contributed by atoms with Crippen LogP contribution in [0.3, 0.4) is 0 Å². The predicted molar refractivity (Wildman–Crippen MR) is 70.3 cm³/mol. The van der Waals surface area contributed by atoms with Crippen molar-refractivity contribution in [1.29, 1.82) is 0 Å². The maximum Gasteiger partial charge on any atom is 0.262 e. The lowest BCUT2D eigenvalue weighted by atomic mass is 10.3. The van der Waals surface area contributed by atoms with E-state index in [2.05, 4.69) is 10.4 Å². The Hall–Kier alpha value is -2.50. The van der Waals surface area contributed by atoms with Crippen molar-refractivity contribution in [2.75, 3.05) is 19.0 Å². The average Bonchev–Trinajstić information content (AvgIpc) is 2.83. The van der Waals surface area contributed by atoms with Crippen LogP contribution in [0.15, 0.2) is 36.7 Å². The van der Waals surface area contributed by atoms with Gasteiger partial charge in [0.05, 0.1) is 19.5 Å². The summed E-state index contributed by atoms with van der Waals surface area (Å²) < 4.78 is 11.9. The van der Waals surface area contributed by atoms with E-state index in [1.54, 1.807) is 55.5 Å². The number of nitrogens with zero attached hydrogens (tertiary/aromatic N) is 2. The lowest BCUT2D eigenvalue weighted by Gasteiger charge is -2.06. The molecular weight excluding hydrogens is 246 g/mol. The molecule has 19 heavy (non-hydrogen) atoms. The van der Waals surface area contributed by atoms with Crippen LogP contribution in [0, 0.1) is 0 Å². The Bertz CT molecular complexity index is 549. The number of benzene rings is 1. The van der Waals surface area contributed by atoms with E-state index in [-0.39, 0.29) is 12.5 Å². The summed E-state index contributed by atoms with van der Waals surface area (Å²) in [5.41, 5.74) is 0.695. The Kier molecular flexibility index (Phi) is 4.02. The molecule has 0 spiro atoms. The first-order chi connectivity index (χ1) is 9.17.